The summed E-state index contributed by atoms with van der Waals surface area (Å²) in [6.45, 7) is 0. The Labute approximate surface area is 41.0 Å². The molecule has 0 aromatic carbocycles. The molecule has 0 aliphatic heterocycles. The molecule has 4 heteroatoms. The highest BCUT2D eigenvalue weighted by molar-refractivity contribution is 5.70. The van der Waals surface area contributed by atoms with Crippen LogP contribution in [0.15, 0.2) is 6.20 Å². The van der Waals surface area contributed by atoms with Crippen LogP contribution in [0.5, 0.6) is 0 Å². The van der Waals surface area contributed by atoms with Gasteiger partial charge in [0.15, 0.2) is 0 Å². The molecule has 1 radical (unpaired) electrons. The van der Waals surface area contributed by atoms with Gasteiger partial charge < -0.3 is 0 Å². The van der Waals surface area contributed by atoms with E-state index in [-0.39, 0.29) is 7.12 Å². The molecule has 0 spiro atoms. The van der Waals surface area contributed by atoms with Gasteiger partial charge in [-0.1, -0.05) is 5.21 Å². The molecule has 1 rings (SSSR count). The summed E-state index contributed by atoms with van der Waals surface area (Å²) in [6, 6.07) is 0. The largest absolute Gasteiger partial charge is 1.00 e. The Morgan fingerprint density at radius 3 is 3.14 bits per heavy atom. The molecular formula is C3H3N3O+. The van der Waals surface area contributed by atoms with E-state index in [1.165, 1.54) is 6.20 Å². The van der Waals surface area contributed by atoms with E-state index < -0.39 is 0 Å². The lowest BCUT2D eigenvalue weighted by Crippen LogP contribution is -1.76. The van der Waals surface area contributed by atoms with Crippen molar-refractivity contribution in [3.63, 3.8) is 0 Å². The first-order valence-corrected chi connectivity index (χ1v) is 1.67. The summed E-state index contributed by atoms with van der Waals surface area (Å²) >= 11 is 0. The second-order valence-corrected chi connectivity index (χ2v) is 0.972. The number of carbonyl (C=O) groups excluding carboxylic acids is 1. The summed E-state index contributed by atoms with van der Waals surface area (Å²) in [5, 5.41) is 8.88. The number of nitrogens with one attached hydrogen (secondary N) is 1. The second kappa shape index (κ2) is 1.51. The number of hydrogen-bond acceptors (Lipinski definition) is 3. The van der Waals surface area contributed by atoms with Crippen molar-refractivity contribution >= 4 is 6.29 Å². The van der Waals surface area contributed by atoms with Crippen LogP contribution >= 0.6 is 0 Å². The van der Waals surface area contributed by atoms with Gasteiger partial charge in [0.2, 0.25) is 0 Å². The van der Waals surface area contributed by atoms with Crippen LogP contribution in [-0.4, -0.2) is 21.7 Å². The molecule has 0 aliphatic carbocycles. The maximum absolute atomic E-state index is 9.63. The molecule has 7 heavy (non-hydrogen) atoms. The maximum Gasteiger partial charge on any atom is 1.00 e. The van der Waals surface area contributed by atoms with Gasteiger partial charge >= 0.3 is 1.43 Å². The highest BCUT2D eigenvalue weighted by atomic mass is 16.1. The zero-order valence-corrected chi connectivity index (χ0v) is 3.38. The van der Waals surface area contributed by atoms with E-state index in [2.05, 4.69) is 15.4 Å². The van der Waals surface area contributed by atoms with Crippen molar-refractivity contribution < 1.29 is 6.22 Å². The van der Waals surface area contributed by atoms with Crippen LogP contribution in [0.25, 0.3) is 0 Å². The van der Waals surface area contributed by atoms with Crippen LogP contribution in [0.4, 0.5) is 0 Å². The van der Waals surface area contributed by atoms with Gasteiger partial charge in [-0.05, 0) is 0 Å². The number of H-pyrrole nitrogens is 1. The topological polar surface area (TPSA) is 58.6 Å². The van der Waals surface area contributed by atoms with E-state index >= 15 is 0 Å². The molecule has 0 fully saturated rings. The zero-order valence-electron chi connectivity index (χ0n) is 4.38. The third-order valence-corrected chi connectivity index (χ3v) is 0.525. The van der Waals surface area contributed by atoms with E-state index in [0.29, 0.717) is 0 Å². The maximum atomic E-state index is 9.63. The standard InChI is InChI=1S/C3H2N3O/c7-2-3-1-4-6-5-3/h1H,(H,4,5,6)/p+1. The highest BCUT2D eigenvalue weighted by Gasteiger charge is 1.86. The molecule has 1 N–H and O–H groups in total. The Morgan fingerprint density at radius 1 is 2.00 bits per heavy atom. The summed E-state index contributed by atoms with van der Waals surface area (Å²) in [5.74, 6) is 0. The summed E-state index contributed by atoms with van der Waals surface area (Å²) in [7, 11) is 0. The van der Waals surface area contributed by atoms with Crippen LogP contribution in [0.1, 0.15) is 7.12 Å². The molecule has 4 nitrogen and oxygen atoms in total. The predicted molar refractivity (Wildman–Crippen MR) is 22.3 cm³/mol. The SMILES string of the molecule is O=[C]c1cnn[nH]1.[H+]. The second-order valence-electron chi connectivity index (χ2n) is 0.972. The van der Waals surface area contributed by atoms with Gasteiger partial charge in [-0.25, -0.2) is 0 Å². The van der Waals surface area contributed by atoms with Gasteiger partial charge in [0.05, 0.1) is 6.20 Å². The molecule has 0 bridgehead atoms. The Kier molecular flexibility index (Phi) is 0.856. The lowest BCUT2D eigenvalue weighted by atomic mass is 10.6. The number of aromatic amines is 1. The minimum absolute atomic E-state index is 0. The highest BCUT2D eigenvalue weighted by Crippen LogP contribution is 1.76. The third-order valence-electron chi connectivity index (χ3n) is 0.525. The van der Waals surface area contributed by atoms with Gasteiger partial charge in [0.1, 0.15) is 5.69 Å². The van der Waals surface area contributed by atoms with Crippen molar-refractivity contribution in [2.75, 3.05) is 0 Å². The molecule has 0 saturated heterocycles. The van der Waals surface area contributed by atoms with Crippen molar-refractivity contribution in [3.8, 4) is 0 Å². The average molecular weight is 97.1 g/mol. The van der Waals surface area contributed by atoms with Crippen molar-refractivity contribution in [1.82, 2.24) is 15.4 Å². The normalized spacial score (nSPS) is 8.57. The summed E-state index contributed by atoms with van der Waals surface area (Å²) in [4.78, 5) is 9.63. The molecule has 1 aromatic rings. The van der Waals surface area contributed by atoms with Crippen LogP contribution in [0.2, 0.25) is 0 Å². The minimum atomic E-state index is 0. The van der Waals surface area contributed by atoms with Crippen LogP contribution in [0, 0.1) is 0 Å². The molecule has 1 heterocycles. The average Bonchev–Trinajstić information content (AvgIpc) is 2.14. The van der Waals surface area contributed by atoms with E-state index in [1.54, 1.807) is 6.29 Å². The number of aromatic nitrogens is 3. The van der Waals surface area contributed by atoms with Crippen molar-refractivity contribution in [3.05, 3.63) is 11.9 Å². The first-order valence-electron chi connectivity index (χ1n) is 1.67. The molecule has 0 saturated carbocycles. The smallest absolute Gasteiger partial charge is 0.283 e. The van der Waals surface area contributed by atoms with E-state index in [4.69, 9.17) is 0 Å². The summed E-state index contributed by atoms with van der Waals surface area (Å²) < 4.78 is 0. The van der Waals surface area contributed by atoms with Gasteiger partial charge in [0.25, 0.3) is 6.29 Å². The minimum Gasteiger partial charge on any atom is -0.283 e. The fourth-order valence-corrected chi connectivity index (χ4v) is 0.247. The lowest BCUT2D eigenvalue weighted by molar-refractivity contribution is 0.561. The first kappa shape index (κ1) is 3.98. The number of hydrogen-bond donors (Lipinski definition) is 1. The zero-order chi connectivity index (χ0) is 5.11. The molecule has 35 valence electrons. The molecule has 1 aromatic heterocycles. The Balaban J connectivity index is 0.000000490. The van der Waals surface area contributed by atoms with Gasteiger partial charge in [0, 0.05) is 0 Å². The summed E-state index contributed by atoms with van der Waals surface area (Å²) in [5.41, 5.74) is 0.278. The molecule has 0 aliphatic rings. The Bertz CT molecular complexity index is 150. The Morgan fingerprint density at radius 2 is 2.86 bits per heavy atom. The van der Waals surface area contributed by atoms with Gasteiger partial charge in [-0.2, -0.15) is 0 Å². The fourth-order valence-electron chi connectivity index (χ4n) is 0.247. The van der Waals surface area contributed by atoms with Crippen molar-refractivity contribution in [2.24, 2.45) is 0 Å². The van der Waals surface area contributed by atoms with E-state index in [0.717, 1.165) is 0 Å². The van der Waals surface area contributed by atoms with E-state index in [9.17, 15) is 4.79 Å². The van der Waals surface area contributed by atoms with Gasteiger partial charge in [-0.15, -0.1) is 5.10 Å². The van der Waals surface area contributed by atoms with Crippen LogP contribution in [0.3, 0.4) is 0 Å². The molecule has 0 atom stereocenters. The fraction of sp³-hybridized carbons (Fsp3) is 0. The molecular weight excluding hydrogens is 94.1 g/mol. The Hall–Kier alpha value is -1.19. The predicted octanol–water partition coefficient (Wildman–Crippen LogP) is -0.625. The van der Waals surface area contributed by atoms with Crippen molar-refractivity contribution in [1.29, 1.82) is 0 Å². The van der Waals surface area contributed by atoms with Crippen LogP contribution < -0.4 is 0 Å². The first-order chi connectivity index (χ1) is 3.43. The van der Waals surface area contributed by atoms with Crippen molar-refractivity contribution in [2.45, 2.75) is 0 Å². The number of rotatable bonds is 1. The monoisotopic (exact) mass is 97.0 g/mol. The van der Waals surface area contributed by atoms with Crippen LogP contribution in [-0.2, 0) is 4.79 Å². The van der Waals surface area contributed by atoms with Gasteiger partial charge in [-0.3, -0.25) is 9.89 Å². The van der Waals surface area contributed by atoms with E-state index in [1.807, 2.05) is 0 Å². The molecule has 0 amide bonds. The molecule has 0 unspecified atom stereocenters. The number of nitrogens with zero attached hydrogens (tertiary/aromatic N) is 2. The lowest BCUT2D eigenvalue weighted by Gasteiger charge is -1.63. The summed E-state index contributed by atoms with van der Waals surface area (Å²) in [6.07, 6.45) is 2.88. The third kappa shape index (κ3) is 0.623. The quantitative estimate of drug-likeness (QED) is 0.507.